The summed E-state index contributed by atoms with van der Waals surface area (Å²) >= 11 is 1.34. The summed E-state index contributed by atoms with van der Waals surface area (Å²) < 4.78 is 2.23. The van der Waals surface area contributed by atoms with Crippen LogP contribution in [0.1, 0.15) is 16.7 Å². The maximum absolute atomic E-state index is 12.9. The van der Waals surface area contributed by atoms with Gasteiger partial charge in [-0.3, -0.25) is 19.5 Å². The lowest BCUT2D eigenvalue weighted by atomic mass is 10.1. The zero-order chi connectivity index (χ0) is 19.8. The van der Waals surface area contributed by atoms with Gasteiger partial charge in [-0.2, -0.15) is 0 Å². The second-order valence-electron chi connectivity index (χ2n) is 6.80. The number of hydrogen-bond acceptors (Lipinski definition) is 6. The number of aromatic nitrogens is 1. The van der Waals surface area contributed by atoms with Crippen LogP contribution in [0, 0.1) is 24.0 Å². The number of nitro groups is 1. The highest BCUT2D eigenvalue weighted by molar-refractivity contribution is 7.07. The van der Waals surface area contributed by atoms with Crippen LogP contribution in [0.25, 0.3) is 6.08 Å². The maximum Gasteiger partial charge on any atom is 0.271 e. The minimum Gasteiger partial charge on any atom is -0.334 e. The van der Waals surface area contributed by atoms with Crippen molar-refractivity contribution in [2.45, 2.75) is 20.5 Å². The van der Waals surface area contributed by atoms with Gasteiger partial charge in [-0.1, -0.05) is 17.4 Å². The highest BCUT2D eigenvalue weighted by Gasteiger charge is 2.16. The van der Waals surface area contributed by atoms with E-state index in [0.717, 1.165) is 11.3 Å². The molecule has 2 aromatic carbocycles. The number of thiazole rings is 1. The number of anilines is 1. The number of non-ortho nitro benzene ring substituents is 1. The Hall–Kier alpha value is -3.26. The van der Waals surface area contributed by atoms with Gasteiger partial charge in [-0.05, 0) is 60.9 Å². The molecule has 0 amide bonds. The Morgan fingerprint density at radius 3 is 2.46 bits per heavy atom. The topological polar surface area (TPSA) is 80.7 Å². The van der Waals surface area contributed by atoms with Gasteiger partial charge in [0.1, 0.15) is 13.3 Å². The Kier molecular flexibility index (Phi) is 4.56. The van der Waals surface area contributed by atoms with E-state index in [4.69, 9.17) is 0 Å². The molecule has 1 aromatic heterocycles. The lowest BCUT2D eigenvalue weighted by molar-refractivity contribution is -0.384. The predicted octanol–water partition coefficient (Wildman–Crippen LogP) is 2.32. The van der Waals surface area contributed by atoms with Crippen LogP contribution in [0.15, 0.2) is 52.3 Å². The number of rotatable bonds is 3. The molecule has 0 bridgehead atoms. The number of nitrogens with zero attached hydrogens (tertiary/aromatic N) is 4. The van der Waals surface area contributed by atoms with E-state index in [1.165, 1.54) is 34.6 Å². The van der Waals surface area contributed by atoms with Crippen LogP contribution >= 0.6 is 11.3 Å². The summed E-state index contributed by atoms with van der Waals surface area (Å²) in [7, 11) is 0. The second-order valence-corrected chi connectivity index (χ2v) is 7.81. The van der Waals surface area contributed by atoms with Crippen LogP contribution in [0.3, 0.4) is 0 Å². The average molecular weight is 394 g/mol. The summed E-state index contributed by atoms with van der Waals surface area (Å²) in [6.45, 7) is 5.05. The second kappa shape index (κ2) is 7.05. The molecule has 8 heteroatoms. The average Bonchev–Trinajstić information content (AvgIpc) is 2.96. The van der Waals surface area contributed by atoms with Crippen molar-refractivity contribution >= 4 is 28.8 Å². The quantitative estimate of drug-likeness (QED) is 0.504. The van der Waals surface area contributed by atoms with Gasteiger partial charge < -0.3 is 4.90 Å². The first kappa shape index (κ1) is 18.1. The molecular formula is C20H18N4O3S. The summed E-state index contributed by atoms with van der Waals surface area (Å²) in [6, 6.07) is 12.4. The van der Waals surface area contributed by atoms with Crippen molar-refractivity contribution in [3.8, 4) is 0 Å². The van der Waals surface area contributed by atoms with Gasteiger partial charge in [0.25, 0.3) is 11.2 Å². The Balaban J connectivity index is 1.68. The van der Waals surface area contributed by atoms with Crippen molar-refractivity contribution < 1.29 is 4.92 Å². The minimum atomic E-state index is -0.441. The van der Waals surface area contributed by atoms with E-state index >= 15 is 0 Å². The fraction of sp³-hybridized carbons (Fsp3) is 0.200. The van der Waals surface area contributed by atoms with Crippen molar-refractivity contribution in [3.63, 3.8) is 0 Å². The third-order valence-corrected chi connectivity index (χ3v) is 5.59. The van der Waals surface area contributed by atoms with Gasteiger partial charge in [0.2, 0.25) is 0 Å². The van der Waals surface area contributed by atoms with Crippen molar-refractivity contribution in [2.24, 2.45) is 4.99 Å². The number of hydrogen-bond donors (Lipinski definition) is 0. The van der Waals surface area contributed by atoms with Gasteiger partial charge in [0, 0.05) is 17.8 Å². The predicted molar refractivity (Wildman–Crippen MR) is 109 cm³/mol. The molecule has 0 unspecified atom stereocenters. The SMILES string of the molecule is Cc1cc(C)cc(N2CN=c3s/c(=C\c4ccc([N+](=O)[O-])cc4)c(=O)n3C2)c1. The molecule has 1 aliphatic heterocycles. The Morgan fingerprint density at radius 1 is 1.14 bits per heavy atom. The summed E-state index contributed by atoms with van der Waals surface area (Å²) in [5.74, 6) is 0. The van der Waals surface area contributed by atoms with E-state index in [1.807, 2.05) is 0 Å². The molecule has 0 spiro atoms. The third kappa shape index (κ3) is 3.46. The molecule has 0 radical (unpaired) electrons. The molecule has 2 heterocycles. The Bertz CT molecular complexity index is 1220. The molecule has 0 atom stereocenters. The smallest absolute Gasteiger partial charge is 0.271 e. The van der Waals surface area contributed by atoms with Crippen LogP contribution in [0.5, 0.6) is 0 Å². The first-order valence-corrected chi connectivity index (χ1v) is 9.56. The molecule has 142 valence electrons. The van der Waals surface area contributed by atoms with Crippen LogP contribution in [-0.2, 0) is 6.67 Å². The molecular weight excluding hydrogens is 376 g/mol. The summed E-state index contributed by atoms with van der Waals surface area (Å²) in [5.41, 5.74) is 4.06. The first-order chi connectivity index (χ1) is 13.4. The van der Waals surface area contributed by atoms with Gasteiger partial charge in [0.05, 0.1) is 9.46 Å². The van der Waals surface area contributed by atoms with Gasteiger partial charge >= 0.3 is 0 Å². The Morgan fingerprint density at radius 2 is 1.82 bits per heavy atom. The molecule has 0 fully saturated rings. The molecule has 0 saturated heterocycles. The largest absolute Gasteiger partial charge is 0.334 e. The normalized spacial score (nSPS) is 13.9. The van der Waals surface area contributed by atoms with E-state index in [0.29, 0.717) is 22.7 Å². The number of fused-ring (bicyclic) bond motifs is 1. The van der Waals surface area contributed by atoms with E-state index in [1.54, 1.807) is 22.8 Å². The zero-order valence-corrected chi connectivity index (χ0v) is 16.3. The highest BCUT2D eigenvalue weighted by atomic mass is 32.1. The lowest BCUT2D eigenvalue weighted by Crippen LogP contribution is -2.42. The van der Waals surface area contributed by atoms with Crippen molar-refractivity contribution in [3.05, 3.63) is 89.0 Å². The third-order valence-electron chi connectivity index (χ3n) is 4.55. The van der Waals surface area contributed by atoms with Crippen molar-refractivity contribution in [2.75, 3.05) is 11.6 Å². The van der Waals surface area contributed by atoms with Crippen molar-refractivity contribution in [1.29, 1.82) is 0 Å². The highest BCUT2D eigenvalue weighted by Crippen LogP contribution is 2.20. The van der Waals surface area contributed by atoms with E-state index in [-0.39, 0.29) is 11.2 Å². The van der Waals surface area contributed by atoms with Crippen LogP contribution in [-0.4, -0.2) is 16.2 Å². The molecule has 1 aliphatic rings. The summed E-state index contributed by atoms with van der Waals surface area (Å²) in [4.78, 5) is 30.5. The maximum atomic E-state index is 12.9. The number of aryl methyl sites for hydroxylation is 2. The van der Waals surface area contributed by atoms with Gasteiger partial charge in [-0.25, -0.2) is 4.99 Å². The first-order valence-electron chi connectivity index (χ1n) is 8.74. The molecule has 0 aliphatic carbocycles. The fourth-order valence-corrected chi connectivity index (χ4v) is 4.21. The number of nitro benzene ring substituents is 1. The van der Waals surface area contributed by atoms with Crippen LogP contribution in [0.2, 0.25) is 0 Å². The van der Waals surface area contributed by atoms with Gasteiger partial charge in [-0.15, -0.1) is 0 Å². The number of benzene rings is 2. The lowest BCUT2D eigenvalue weighted by Gasteiger charge is -2.26. The fourth-order valence-electron chi connectivity index (χ4n) is 3.25. The zero-order valence-electron chi connectivity index (χ0n) is 15.5. The monoisotopic (exact) mass is 394 g/mol. The van der Waals surface area contributed by atoms with Crippen molar-refractivity contribution in [1.82, 2.24) is 4.57 Å². The minimum absolute atomic E-state index is 0.0263. The van der Waals surface area contributed by atoms with Crippen LogP contribution in [0.4, 0.5) is 11.4 Å². The molecule has 0 N–H and O–H groups in total. The molecule has 3 aromatic rings. The van der Waals surface area contributed by atoms with Crippen LogP contribution < -0.4 is 19.8 Å². The molecule has 0 saturated carbocycles. The summed E-state index contributed by atoms with van der Waals surface area (Å²) in [6.07, 6.45) is 1.75. The summed E-state index contributed by atoms with van der Waals surface area (Å²) in [5, 5.41) is 10.8. The van der Waals surface area contributed by atoms with E-state index in [9.17, 15) is 14.9 Å². The standard InChI is InChI=1S/C20H18N4O3S/c1-13-7-14(2)9-17(8-13)22-11-21-20-23(12-22)19(25)18(28-20)10-15-3-5-16(6-4-15)24(26)27/h3-10H,11-12H2,1-2H3/b18-10-. The van der Waals surface area contributed by atoms with E-state index in [2.05, 4.69) is 41.9 Å². The molecule has 4 rings (SSSR count). The van der Waals surface area contributed by atoms with Gasteiger partial charge in [0.15, 0.2) is 4.80 Å². The molecule has 7 nitrogen and oxygen atoms in total. The molecule has 28 heavy (non-hydrogen) atoms. The Labute approximate surface area is 164 Å². The van der Waals surface area contributed by atoms with E-state index < -0.39 is 4.92 Å².